The minimum Gasteiger partial charge on any atom is -0.491 e. The zero-order valence-electron chi connectivity index (χ0n) is 17.6. The van der Waals surface area contributed by atoms with Gasteiger partial charge in [-0.2, -0.15) is 0 Å². The summed E-state index contributed by atoms with van der Waals surface area (Å²) in [6, 6.07) is 10.2. The van der Waals surface area contributed by atoms with Gasteiger partial charge in [-0.1, -0.05) is 27.5 Å². The summed E-state index contributed by atoms with van der Waals surface area (Å²) in [5.74, 6) is 3.23. The molecule has 2 aliphatic rings. The Morgan fingerprint density at radius 1 is 1.10 bits per heavy atom. The predicted octanol–water partition coefficient (Wildman–Crippen LogP) is 6.12. The van der Waals surface area contributed by atoms with E-state index in [9.17, 15) is 0 Å². The zero-order chi connectivity index (χ0) is 21.1. The molecule has 0 aromatic heterocycles. The van der Waals surface area contributed by atoms with Crippen LogP contribution in [0.4, 0.5) is 0 Å². The highest BCUT2D eigenvalue weighted by atomic mass is 79.9. The topological polar surface area (TPSA) is 30.9 Å². The van der Waals surface area contributed by atoms with Gasteiger partial charge >= 0.3 is 0 Å². The van der Waals surface area contributed by atoms with E-state index in [0.29, 0.717) is 5.92 Å². The highest BCUT2D eigenvalue weighted by Gasteiger charge is 2.22. The van der Waals surface area contributed by atoms with Crippen LogP contribution in [0, 0.1) is 5.92 Å². The Morgan fingerprint density at radius 3 is 2.57 bits per heavy atom. The summed E-state index contributed by atoms with van der Waals surface area (Å²) >= 11 is 10.1. The third kappa shape index (κ3) is 5.43. The predicted molar refractivity (Wildman–Crippen MR) is 124 cm³/mol. The SMILES string of the molecule is CC(C)Oc1ccc(Br)c(CC2CCN(CCc3cc4c(cc3Cl)OCO4)CC2)c1. The summed E-state index contributed by atoms with van der Waals surface area (Å²) in [4.78, 5) is 2.55. The molecule has 2 aromatic carbocycles. The Bertz CT molecular complexity index is 881. The number of hydrogen-bond acceptors (Lipinski definition) is 4. The van der Waals surface area contributed by atoms with E-state index in [0.717, 1.165) is 60.3 Å². The van der Waals surface area contributed by atoms with E-state index >= 15 is 0 Å². The fourth-order valence-corrected chi connectivity index (χ4v) is 4.86. The molecule has 6 heteroatoms. The molecule has 0 N–H and O–H groups in total. The van der Waals surface area contributed by atoms with Crippen molar-refractivity contribution in [3.63, 3.8) is 0 Å². The largest absolute Gasteiger partial charge is 0.491 e. The van der Waals surface area contributed by atoms with Crippen molar-refractivity contribution in [3.05, 3.63) is 51.0 Å². The van der Waals surface area contributed by atoms with Crippen LogP contribution in [0.3, 0.4) is 0 Å². The van der Waals surface area contributed by atoms with Gasteiger partial charge in [-0.3, -0.25) is 0 Å². The maximum atomic E-state index is 6.43. The van der Waals surface area contributed by atoms with Crippen LogP contribution < -0.4 is 14.2 Å². The van der Waals surface area contributed by atoms with Gasteiger partial charge in [-0.25, -0.2) is 0 Å². The van der Waals surface area contributed by atoms with Gasteiger partial charge in [0.25, 0.3) is 0 Å². The van der Waals surface area contributed by atoms with Crippen LogP contribution in [0.5, 0.6) is 17.2 Å². The lowest BCUT2D eigenvalue weighted by Crippen LogP contribution is -2.35. The molecule has 0 unspecified atom stereocenters. The summed E-state index contributed by atoms with van der Waals surface area (Å²) in [7, 11) is 0. The van der Waals surface area contributed by atoms with Crippen molar-refractivity contribution in [2.24, 2.45) is 5.92 Å². The Morgan fingerprint density at radius 2 is 1.83 bits per heavy atom. The number of nitrogens with zero attached hydrogens (tertiary/aromatic N) is 1. The molecule has 2 aliphatic heterocycles. The molecule has 162 valence electrons. The molecule has 4 nitrogen and oxygen atoms in total. The number of rotatable bonds is 7. The van der Waals surface area contributed by atoms with Crippen LogP contribution >= 0.6 is 27.5 Å². The number of fused-ring (bicyclic) bond motifs is 1. The van der Waals surface area contributed by atoms with Gasteiger partial charge in [0.2, 0.25) is 6.79 Å². The summed E-state index contributed by atoms with van der Waals surface area (Å²) in [6.07, 6.45) is 4.66. The Hall–Kier alpha value is -1.43. The second-order valence-electron chi connectivity index (χ2n) is 8.46. The third-order valence-corrected chi connectivity index (χ3v) is 6.97. The summed E-state index contributed by atoms with van der Waals surface area (Å²) in [5, 5.41) is 0.766. The van der Waals surface area contributed by atoms with Crippen LogP contribution in [-0.2, 0) is 12.8 Å². The van der Waals surface area contributed by atoms with E-state index < -0.39 is 0 Å². The fraction of sp³-hybridized carbons (Fsp3) is 0.500. The first kappa shape index (κ1) is 21.8. The average molecular weight is 495 g/mol. The smallest absolute Gasteiger partial charge is 0.231 e. The lowest BCUT2D eigenvalue weighted by atomic mass is 9.90. The normalized spacial score (nSPS) is 17.0. The first-order valence-electron chi connectivity index (χ1n) is 10.7. The van der Waals surface area contributed by atoms with Crippen molar-refractivity contribution in [2.45, 2.75) is 45.6 Å². The van der Waals surface area contributed by atoms with E-state index in [2.05, 4.69) is 46.8 Å². The summed E-state index contributed by atoms with van der Waals surface area (Å²) in [6.45, 7) is 7.69. The minimum atomic E-state index is 0.195. The van der Waals surface area contributed by atoms with Crippen molar-refractivity contribution in [2.75, 3.05) is 26.4 Å². The molecule has 30 heavy (non-hydrogen) atoms. The van der Waals surface area contributed by atoms with Crippen molar-refractivity contribution in [3.8, 4) is 17.2 Å². The van der Waals surface area contributed by atoms with Crippen molar-refractivity contribution >= 4 is 27.5 Å². The molecule has 1 saturated heterocycles. The van der Waals surface area contributed by atoms with Crippen LogP contribution in [0.15, 0.2) is 34.8 Å². The number of halogens is 2. The molecule has 0 spiro atoms. The van der Waals surface area contributed by atoms with Gasteiger partial charge in [0.05, 0.1) is 6.10 Å². The molecule has 1 fully saturated rings. The Kier molecular flexibility index (Phi) is 7.12. The van der Waals surface area contributed by atoms with Crippen LogP contribution in [0.1, 0.15) is 37.8 Å². The van der Waals surface area contributed by atoms with Gasteiger partial charge < -0.3 is 19.1 Å². The van der Waals surface area contributed by atoms with E-state index in [1.807, 2.05) is 18.2 Å². The molecular weight excluding hydrogens is 466 g/mol. The number of ether oxygens (including phenoxy) is 3. The Labute approximate surface area is 192 Å². The Balaban J connectivity index is 1.27. The van der Waals surface area contributed by atoms with Crippen molar-refractivity contribution in [1.29, 1.82) is 0 Å². The second kappa shape index (κ2) is 9.80. The molecule has 2 aromatic rings. The summed E-state index contributed by atoms with van der Waals surface area (Å²) in [5.41, 5.74) is 2.48. The third-order valence-electron chi connectivity index (χ3n) is 5.84. The number of hydrogen-bond donors (Lipinski definition) is 0. The van der Waals surface area contributed by atoms with E-state index in [-0.39, 0.29) is 12.9 Å². The van der Waals surface area contributed by atoms with E-state index in [4.69, 9.17) is 25.8 Å². The number of likely N-dealkylation sites (tertiary alicyclic amines) is 1. The van der Waals surface area contributed by atoms with Crippen LogP contribution in [0.2, 0.25) is 5.02 Å². The maximum absolute atomic E-state index is 6.43. The molecule has 4 rings (SSSR count). The van der Waals surface area contributed by atoms with Gasteiger partial charge in [0.1, 0.15) is 5.75 Å². The molecule has 0 bridgehead atoms. The van der Waals surface area contributed by atoms with Crippen molar-refractivity contribution < 1.29 is 14.2 Å². The lowest BCUT2D eigenvalue weighted by Gasteiger charge is -2.32. The molecule has 2 heterocycles. The van der Waals surface area contributed by atoms with Gasteiger partial charge in [0.15, 0.2) is 11.5 Å². The molecule has 0 saturated carbocycles. The fourth-order valence-electron chi connectivity index (χ4n) is 4.21. The zero-order valence-corrected chi connectivity index (χ0v) is 20.0. The van der Waals surface area contributed by atoms with Crippen LogP contribution in [0.25, 0.3) is 0 Å². The van der Waals surface area contributed by atoms with E-state index in [1.54, 1.807) is 0 Å². The van der Waals surface area contributed by atoms with Crippen LogP contribution in [-0.4, -0.2) is 37.4 Å². The van der Waals surface area contributed by atoms with Gasteiger partial charge in [-0.05, 0) is 93.9 Å². The molecule has 0 amide bonds. The summed E-state index contributed by atoms with van der Waals surface area (Å²) < 4.78 is 17.9. The average Bonchev–Trinajstić information content (AvgIpc) is 3.16. The number of benzene rings is 2. The first-order chi connectivity index (χ1) is 14.5. The van der Waals surface area contributed by atoms with E-state index in [1.165, 1.54) is 22.9 Å². The monoisotopic (exact) mass is 493 g/mol. The van der Waals surface area contributed by atoms with Gasteiger partial charge in [-0.15, -0.1) is 0 Å². The highest BCUT2D eigenvalue weighted by Crippen LogP contribution is 2.37. The first-order valence-corrected chi connectivity index (χ1v) is 11.9. The maximum Gasteiger partial charge on any atom is 0.231 e. The highest BCUT2D eigenvalue weighted by molar-refractivity contribution is 9.10. The minimum absolute atomic E-state index is 0.195. The second-order valence-corrected chi connectivity index (χ2v) is 9.72. The number of piperidine rings is 1. The lowest BCUT2D eigenvalue weighted by molar-refractivity contribution is 0.174. The standard InChI is InChI=1S/C24H29BrClNO3/c1-16(2)30-20-3-4-21(25)19(12-20)11-17-5-8-27(9-6-17)10-7-18-13-23-24(14-22(18)26)29-15-28-23/h3-4,12-14,16-17H,5-11,15H2,1-2H3. The van der Waals surface area contributed by atoms with Crippen molar-refractivity contribution in [1.82, 2.24) is 4.90 Å². The molecular formula is C24H29BrClNO3. The molecule has 0 aliphatic carbocycles. The molecule has 0 radical (unpaired) electrons. The quantitative estimate of drug-likeness (QED) is 0.464. The molecule has 0 atom stereocenters. The van der Waals surface area contributed by atoms with Gasteiger partial charge in [0, 0.05) is 22.1 Å².